The molecule has 0 heterocycles. The van der Waals surface area contributed by atoms with Crippen LogP contribution in [0.3, 0.4) is 0 Å². The molecule has 3 heteroatoms. The van der Waals surface area contributed by atoms with E-state index in [4.69, 9.17) is 9.47 Å². The maximum absolute atomic E-state index is 12.6. The van der Waals surface area contributed by atoms with Gasteiger partial charge in [-0.2, -0.15) is 0 Å². The van der Waals surface area contributed by atoms with E-state index < -0.39 is 0 Å². The van der Waals surface area contributed by atoms with Gasteiger partial charge >= 0.3 is 0 Å². The molecule has 0 aromatic heterocycles. The smallest absolute Gasteiger partial charge is 0.171 e. The highest BCUT2D eigenvalue weighted by molar-refractivity contribution is 5.99. The Bertz CT molecular complexity index is 509. The van der Waals surface area contributed by atoms with E-state index in [0.29, 0.717) is 29.4 Å². The quantitative estimate of drug-likeness (QED) is 0.768. The van der Waals surface area contributed by atoms with Gasteiger partial charge in [-0.15, -0.1) is 0 Å². The lowest BCUT2D eigenvalue weighted by molar-refractivity contribution is 0.0940. The average Bonchev–Trinajstić information content (AvgIpc) is 3.08. The minimum absolute atomic E-state index is 0.193. The number of rotatable bonds is 5. The van der Waals surface area contributed by atoms with Crippen LogP contribution in [0.1, 0.15) is 42.5 Å². The average molecular weight is 274 g/mol. The number of ketones is 1. The van der Waals surface area contributed by atoms with E-state index in [1.54, 1.807) is 14.2 Å². The van der Waals surface area contributed by atoms with Crippen LogP contribution in [-0.2, 0) is 0 Å². The second-order valence-corrected chi connectivity index (χ2v) is 6.10. The first-order chi connectivity index (χ1) is 9.72. The zero-order chi connectivity index (χ0) is 14.1. The van der Waals surface area contributed by atoms with E-state index >= 15 is 0 Å². The Labute approximate surface area is 120 Å². The number of ether oxygens (including phenoxy) is 2. The molecule has 3 nitrogen and oxygen atoms in total. The Morgan fingerprint density at radius 3 is 2.65 bits per heavy atom. The van der Waals surface area contributed by atoms with Gasteiger partial charge in [0.2, 0.25) is 0 Å². The number of carbonyl (C=O) groups is 1. The molecular formula is C17H22O3. The van der Waals surface area contributed by atoms with E-state index in [9.17, 15) is 4.79 Å². The van der Waals surface area contributed by atoms with Crippen molar-refractivity contribution in [3.8, 4) is 11.5 Å². The molecule has 2 fully saturated rings. The summed E-state index contributed by atoms with van der Waals surface area (Å²) in [7, 11) is 3.19. The van der Waals surface area contributed by atoms with E-state index in [-0.39, 0.29) is 5.78 Å². The van der Waals surface area contributed by atoms with Crippen LogP contribution in [0, 0.1) is 17.8 Å². The fourth-order valence-electron chi connectivity index (χ4n) is 4.08. The molecule has 0 radical (unpaired) electrons. The van der Waals surface area contributed by atoms with Crippen LogP contribution in [-0.4, -0.2) is 20.0 Å². The lowest BCUT2D eigenvalue weighted by Gasteiger charge is -2.21. The summed E-state index contributed by atoms with van der Waals surface area (Å²) in [5.74, 6) is 3.63. The Morgan fingerprint density at radius 2 is 2.05 bits per heavy atom. The van der Waals surface area contributed by atoms with Crippen LogP contribution < -0.4 is 9.47 Å². The number of carbonyl (C=O) groups excluding carboxylic acids is 1. The Morgan fingerprint density at radius 1 is 1.20 bits per heavy atom. The molecular weight excluding hydrogens is 252 g/mol. The van der Waals surface area contributed by atoms with Gasteiger partial charge < -0.3 is 9.47 Å². The first-order valence-corrected chi connectivity index (χ1v) is 7.47. The van der Waals surface area contributed by atoms with Crippen LogP contribution in [0.25, 0.3) is 0 Å². The topological polar surface area (TPSA) is 35.5 Å². The zero-order valence-corrected chi connectivity index (χ0v) is 12.2. The number of hydrogen-bond acceptors (Lipinski definition) is 3. The van der Waals surface area contributed by atoms with E-state index in [1.165, 1.54) is 25.7 Å². The standard InChI is InChI=1S/C17H22O3/c1-19-16-5-3-4-14(17(16)20-2)15(18)10-13-9-11-6-7-12(13)8-11/h3-5,11-13H,6-10H2,1-2H3. The van der Waals surface area contributed by atoms with Crippen molar-refractivity contribution in [1.82, 2.24) is 0 Å². The van der Waals surface area contributed by atoms with Crippen molar-refractivity contribution in [2.75, 3.05) is 14.2 Å². The third-order valence-corrected chi connectivity index (χ3v) is 5.04. The van der Waals surface area contributed by atoms with Gasteiger partial charge in [0.15, 0.2) is 17.3 Å². The molecule has 108 valence electrons. The highest BCUT2D eigenvalue weighted by Gasteiger charge is 2.40. The van der Waals surface area contributed by atoms with Crippen molar-refractivity contribution in [1.29, 1.82) is 0 Å². The van der Waals surface area contributed by atoms with Gasteiger partial charge in [0.05, 0.1) is 19.8 Å². The molecule has 0 spiro atoms. The van der Waals surface area contributed by atoms with E-state index in [2.05, 4.69) is 0 Å². The minimum atomic E-state index is 0.193. The molecule has 20 heavy (non-hydrogen) atoms. The molecule has 0 aliphatic heterocycles. The van der Waals surface area contributed by atoms with Gasteiger partial charge in [-0.3, -0.25) is 4.79 Å². The van der Waals surface area contributed by atoms with Crippen LogP contribution in [0.5, 0.6) is 11.5 Å². The van der Waals surface area contributed by atoms with Crippen molar-refractivity contribution in [2.24, 2.45) is 17.8 Å². The summed E-state index contributed by atoms with van der Waals surface area (Å²) in [6.45, 7) is 0. The Balaban J connectivity index is 1.77. The number of Topliss-reactive ketones (excluding diaryl/α,β-unsaturated/α-hetero) is 1. The highest BCUT2D eigenvalue weighted by Crippen LogP contribution is 2.50. The van der Waals surface area contributed by atoms with Gasteiger partial charge in [-0.05, 0) is 49.1 Å². The largest absolute Gasteiger partial charge is 0.493 e. The van der Waals surface area contributed by atoms with Crippen molar-refractivity contribution >= 4 is 5.78 Å². The van der Waals surface area contributed by atoms with Crippen molar-refractivity contribution < 1.29 is 14.3 Å². The molecule has 3 atom stereocenters. The maximum atomic E-state index is 12.6. The first-order valence-electron chi connectivity index (χ1n) is 7.47. The van der Waals surface area contributed by atoms with Crippen LogP contribution in [0.2, 0.25) is 0 Å². The van der Waals surface area contributed by atoms with Gasteiger partial charge in [0.25, 0.3) is 0 Å². The fraction of sp³-hybridized carbons (Fsp3) is 0.588. The van der Waals surface area contributed by atoms with E-state index in [0.717, 1.165) is 11.8 Å². The fourth-order valence-corrected chi connectivity index (χ4v) is 4.08. The first kappa shape index (κ1) is 13.5. The van der Waals surface area contributed by atoms with Crippen molar-refractivity contribution in [3.05, 3.63) is 23.8 Å². The monoisotopic (exact) mass is 274 g/mol. The SMILES string of the molecule is COc1cccc(C(=O)CC2CC3CCC2C3)c1OC. The number of benzene rings is 1. The zero-order valence-electron chi connectivity index (χ0n) is 12.2. The van der Waals surface area contributed by atoms with Crippen molar-refractivity contribution in [2.45, 2.75) is 32.1 Å². The highest BCUT2D eigenvalue weighted by atomic mass is 16.5. The van der Waals surface area contributed by atoms with Crippen LogP contribution >= 0.6 is 0 Å². The molecule has 2 saturated carbocycles. The van der Waals surface area contributed by atoms with Gasteiger partial charge in [-0.1, -0.05) is 12.5 Å². The third-order valence-electron chi connectivity index (χ3n) is 5.04. The number of hydrogen-bond donors (Lipinski definition) is 0. The van der Waals surface area contributed by atoms with Crippen molar-refractivity contribution in [3.63, 3.8) is 0 Å². The lowest BCUT2D eigenvalue weighted by atomic mass is 9.84. The molecule has 0 amide bonds. The molecule has 0 N–H and O–H groups in total. The molecule has 2 aliphatic carbocycles. The predicted molar refractivity (Wildman–Crippen MR) is 77.4 cm³/mol. The molecule has 2 bridgehead atoms. The maximum Gasteiger partial charge on any atom is 0.171 e. The van der Waals surface area contributed by atoms with E-state index in [1.807, 2.05) is 18.2 Å². The summed E-state index contributed by atoms with van der Waals surface area (Å²) in [4.78, 5) is 12.6. The summed E-state index contributed by atoms with van der Waals surface area (Å²) in [5, 5.41) is 0. The molecule has 3 unspecified atom stereocenters. The molecule has 1 aromatic rings. The predicted octanol–water partition coefficient (Wildman–Crippen LogP) is 3.71. The van der Waals surface area contributed by atoms with Gasteiger partial charge in [-0.25, -0.2) is 0 Å². The van der Waals surface area contributed by atoms with Crippen LogP contribution in [0.15, 0.2) is 18.2 Å². The third kappa shape index (κ3) is 2.30. The number of methoxy groups -OCH3 is 2. The summed E-state index contributed by atoms with van der Waals surface area (Å²) < 4.78 is 10.6. The van der Waals surface area contributed by atoms with Crippen LogP contribution in [0.4, 0.5) is 0 Å². The number of para-hydroxylation sites is 1. The second kappa shape index (κ2) is 5.47. The normalized spacial score (nSPS) is 27.6. The summed E-state index contributed by atoms with van der Waals surface area (Å²) in [6.07, 6.45) is 5.93. The molecule has 1 aromatic carbocycles. The Hall–Kier alpha value is -1.51. The second-order valence-electron chi connectivity index (χ2n) is 6.10. The van der Waals surface area contributed by atoms with Gasteiger partial charge in [0, 0.05) is 6.42 Å². The minimum Gasteiger partial charge on any atom is -0.493 e. The molecule has 3 rings (SSSR count). The summed E-state index contributed by atoms with van der Waals surface area (Å²) in [6, 6.07) is 5.53. The molecule has 2 aliphatic rings. The summed E-state index contributed by atoms with van der Waals surface area (Å²) in [5.41, 5.74) is 0.662. The number of fused-ring (bicyclic) bond motifs is 2. The lowest BCUT2D eigenvalue weighted by Crippen LogP contribution is -2.16. The summed E-state index contributed by atoms with van der Waals surface area (Å²) >= 11 is 0. The Kier molecular flexibility index (Phi) is 3.68. The van der Waals surface area contributed by atoms with Gasteiger partial charge in [0.1, 0.15) is 0 Å². The molecule has 0 saturated heterocycles.